The number of ketones is 1. The van der Waals surface area contributed by atoms with Crippen LogP contribution in [0.2, 0.25) is 0 Å². The number of carbonyl (C=O) groups excluding carboxylic acids is 1. The van der Waals surface area contributed by atoms with E-state index in [0.717, 1.165) is 16.0 Å². The molecule has 3 rings (SSSR count). The van der Waals surface area contributed by atoms with Crippen LogP contribution in [0.5, 0.6) is 11.5 Å². The Labute approximate surface area is 143 Å². The summed E-state index contributed by atoms with van der Waals surface area (Å²) in [5.74, 6) is 1.10. The van der Waals surface area contributed by atoms with E-state index in [1.54, 1.807) is 32.6 Å². The second-order valence-corrected chi connectivity index (χ2v) is 9.39. The Kier molecular flexibility index (Phi) is 4.22. The molecule has 24 heavy (non-hydrogen) atoms. The molecular weight excluding hydrogens is 324 g/mol. The van der Waals surface area contributed by atoms with Gasteiger partial charge in [0.15, 0.2) is 5.78 Å². The second-order valence-electron chi connectivity index (χ2n) is 6.27. The molecule has 0 amide bonds. The number of benzene rings is 2. The van der Waals surface area contributed by atoms with E-state index < -0.39 is 15.2 Å². The number of carbonyl (C=O) groups is 1. The smallest absolute Gasteiger partial charge is 0.177 e. The van der Waals surface area contributed by atoms with Gasteiger partial charge in [0, 0.05) is 22.1 Å². The van der Waals surface area contributed by atoms with Gasteiger partial charge in [0.25, 0.3) is 0 Å². The van der Waals surface area contributed by atoms with Gasteiger partial charge in [-0.05, 0) is 37.8 Å². The van der Waals surface area contributed by atoms with Crippen molar-refractivity contribution >= 4 is 15.7 Å². The minimum Gasteiger partial charge on any atom is -0.497 e. The molecule has 1 aliphatic rings. The van der Waals surface area contributed by atoms with Crippen molar-refractivity contribution in [3.8, 4) is 11.5 Å². The lowest BCUT2D eigenvalue weighted by atomic mass is 10.1. The summed E-state index contributed by atoms with van der Waals surface area (Å²) in [6.45, 7) is 1.98. The lowest BCUT2D eigenvalue weighted by Crippen LogP contribution is -2.32. The van der Waals surface area contributed by atoms with Crippen molar-refractivity contribution < 1.29 is 18.5 Å². The summed E-state index contributed by atoms with van der Waals surface area (Å²) in [4.78, 5) is 13.7. The normalized spacial score (nSPS) is 17.5. The number of hydrogen-bond acceptors (Lipinski definition) is 4. The van der Waals surface area contributed by atoms with Crippen molar-refractivity contribution in [3.63, 3.8) is 0 Å². The monoisotopic (exact) mass is 346 g/mol. The first-order valence-corrected chi connectivity index (χ1v) is 10.0. The molecule has 0 radical (unpaired) electrons. The molecule has 0 saturated carbocycles. The zero-order chi connectivity index (χ0) is 17.5. The van der Waals surface area contributed by atoms with Gasteiger partial charge in [-0.15, -0.1) is 0 Å². The van der Waals surface area contributed by atoms with Crippen LogP contribution < -0.4 is 9.47 Å². The van der Waals surface area contributed by atoms with Gasteiger partial charge in [0.1, 0.15) is 11.5 Å². The molecule has 128 valence electrons. The molecule has 0 fully saturated rings. The molecule has 1 unspecified atom stereocenters. The number of hydrogen-bond donors (Lipinski definition) is 1. The number of thiol groups is 1. The van der Waals surface area contributed by atoms with Crippen LogP contribution in [0.1, 0.15) is 21.5 Å². The van der Waals surface area contributed by atoms with Gasteiger partial charge >= 0.3 is 0 Å². The third-order valence-corrected chi connectivity index (χ3v) is 7.68. The van der Waals surface area contributed by atoms with Crippen LogP contribution in [0.4, 0.5) is 0 Å². The third kappa shape index (κ3) is 2.63. The predicted molar refractivity (Wildman–Crippen MR) is 96.3 cm³/mol. The van der Waals surface area contributed by atoms with Crippen LogP contribution in [-0.2, 0) is 16.4 Å². The minimum atomic E-state index is -2.85. The van der Waals surface area contributed by atoms with Crippen LogP contribution in [0.25, 0.3) is 0 Å². The van der Waals surface area contributed by atoms with Crippen molar-refractivity contribution in [1.29, 1.82) is 0 Å². The molecule has 2 aromatic rings. The van der Waals surface area contributed by atoms with Gasteiger partial charge in [-0.1, -0.05) is 27.6 Å². The fourth-order valence-electron chi connectivity index (χ4n) is 3.23. The molecule has 0 bridgehead atoms. The molecule has 0 aromatic heterocycles. The maximum atomic E-state index is 13.5. The van der Waals surface area contributed by atoms with Gasteiger partial charge in [0.2, 0.25) is 0 Å². The van der Waals surface area contributed by atoms with E-state index in [4.69, 9.17) is 9.47 Å². The van der Waals surface area contributed by atoms with E-state index >= 15 is 0 Å². The van der Waals surface area contributed by atoms with Gasteiger partial charge < -0.3 is 9.47 Å². The zero-order valence-corrected chi connectivity index (χ0v) is 15.2. The van der Waals surface area contributed by atoms with E-state index in [9.17, 15) is 9.00 Å². The van der Waals surface area contributed by atoms with Crippen molar-refractivity contribution in [1.82, 2.24) is 0 Å². The molecule has 0 heterocycles. The number of rotatable bonds is 4. The van der Waals surface area contributed by atoms with Crippen LogP contribution >= 0.6 is 0 Å². The fraction of sp³-hybridized carbons (Fsp3) is 0.316. The first-order chi connectivity index (χ1) is 11.4. The van der Waals surface area contributed by atoms with E-state index in [-0.39, 0.29) is 5.78 Å². The Balaban J connectivity index is 2.04. The van der Waals surface area contributed by atoms with Crippen molar-refractivity contribution in [2.45, 2.75) is 23.5 Å². The average Bonchev–Trinajstić information content (AvgIpc) is 2.92. The maximum absolute atomic E-state index is 13.5. The molecule has 0 spiro atoms. The van der Waals surface area contributed by atoms with Gasteiger partial charge in [-0.25, -0.2) is 0 Å². The van der Waals surface area contributed by atoms with Gasteiger partial charge in [0.05, 0.1) is 19.5 Å². The lowest BCUT2D eigenvalue weighted by molar-refractivity contribution is 0.0998. The van der Waals surface area contributed by atoms with Crippen LogP contribution in [0, 0.1) is 6.92 Å². The SMILES string of the molecule is COc1cc(OC)c2c(c1)C(=O)C([SH](C)(=O)c1ccc(C)cc1)C2. The molecule has 0 saturated heterocycles. The molecule has 0 aliphatic heterocycles. The van der Waals surface area contributed by atoms with E-state index in [1.165, 1.54) is 0 Å². The molecule has 2 aromatic carbocycles. The molecule has 4 nitrogen and oxygen atoms in total. The number of Topliss-reactive ketones (excluding diaryl/α,β-unsaturated/α-hetero) is 1. The third-order valence-electron chi connectivity index (χ3n) is 4.75. The quantitative estimate of drug-likeness (QED) is 0.865. The number of aryl methyl sites for hydroxylation is 1. The summed E-state index contributed by atoms with van der Waals surface area (Å²) < 4.78 is 24.1. The summed E-state index contributed by atoms with van der Waals surface area (Å²) in [5, 5.41) is -0.545. The molecule has 0 N–H and O–H groups in total. The summed E-state index contributed by atoms with van der Waals surface area (Å²) >= 11 is 0. The standard InChI is InChI=1S/C19H22O4S/c1-12-5-7-14(8-6-12)24(4,21)18-11-15-16(19(18)20)9-13(22-2)10-17(15)23-3/h5-10,18,24H,11H2,1-4H3. The van der Waals surface area contributed by atoms with Crippen LogP contribution in [0.15, 0.2) is 41.3 Å². The van der Waals surface area contributed by atoms with Crippen LogP contribution in [-0.4, -0.2) is 35.7 Å². The summed E-state index contributed by atoms with van der Waals surface area (Å²) in [6.07, 6.45) is 2.14. The number of methoxy groups -OCH3 is 2. The van der Waals surface area contributed by atoms with Crippen LogP contribution in [0.3, 0.4) is 0 Å². The summed E-state index contributed by atoms with van der Waals surface area (Å²) in [6, 6.07) is 11.1. The Bertz CT molecular complexity index is 839. The van der Waals surface area contributed by atoms with Crippen molar-refractivity contribution in [2.75, 3.05) is 20.5 Å². The Morgan fingerprint density at radius 3 is 2.33 bits per heavy atom. The van der Waals surface area contributed by atoms with E-state index in [1.807, 2.05) is 31.2 Å². The Morgan fingerprint density at radius 1 is 1.08 bits per heavy atom. The molecule has 1 aliphatic carbocycles. The topological polar surface area (TPSA) is 52.6 Å². The predicted octanol–water partition coefficient (Wildman–Crippen LogP) is 2.83. The van der Waals surface area contributed by atoms with E-state index in [2.05, 4.69) is 0 Å². The van der Waals surface area contributed by atoms with Crippen molar-refractivity contribution in [3.05, 3.63) is 53.1 Å². The maximum Gasteiger partial charge on any atom is 0.177 e. The molecule has 1 atom stereocenters. The zero-order valence-electron chi connectivity index (χ0n) is 14.3. The first-order valence-electron chi connectivity index (χ1n) is 7.82. The first kappa shape index (κ1) is 16.7. The average molecular weight is 346 g/mol. The van der Waals surface area contributed by atoms with Crippen molar-refractivity contribution in [2.24, 2.45) is 0 Å². The second kappa shape index (κ2) is 6.06. The van der Waals surface area contributed by atoms with Gasteiger partial charge in [-0.3, -0.25) is 9.00 Å². The number of ether oxygens (including phenoxy) is 2. The highest BCUT2D eigenvalue weighted by atomic mass is 32.2. The highest BCUT2D eigenvalue weighted by molar-refractivity contribution is 8.03. The Morgan fingerprint density at radius 2 is 1.75 bits per heavy atom. The number of fused-ring (bicyclic) bond motifs is 1. The van der Waals surface area contributed by atoms with Gasteiger partial charge in [-0.2, -0.15) is 0 Å². The minimum absolute atomic E-state index is 0.0893. The highest BCUT2D eigenvalue weighted by Crippen LogP contribution is 2.40. The highest BCUT2D eigenvalue weighted by Gasteiger charge is 2.40. The fourth-order valence-corrected chi connectivity index (χ4v) is 5.45. The molecular formula is C19H22O4S. The summed E-state index contributed by atoms with van der Waals surface area (Å²) in [7, 11) is 0.267. The largest absolute Gasteiger partial charge is 0.497 e. The molecule has 5 heteroatoms. The lowest BCUT2D eigenvalue weighted by Gasteiger charge is -2.25. The van der Waals surface area contributed by atoms with E-state index in [0.29, 0.717) is 23.5 Å². The Hall–Kier alpha value is -2.14. The summed E-state index contributed by atoms with van der Waals surface area (Å²) in [5.41, 5.74) is 2.49.